The van der Waals surface area contributed by atoms with Crippen LogP contribution in [0.3, 0.4) is 0 Å². The number of rotatable bonds is 9. The molecular formula is C19H21N5O3S. The molecular weight excluding hydrogens is 378 g/mol. The summed E-state index contributed by atoms with van der Waals surface area (Å²) in [4.78, 5) is 41.1. The average Bonchev–Trinajstić information content (AvgIpc) is 3.23. The molecule has 4 N–H and O–H groups in total. The standard InChI is InChI=1S/C19H21N5O3S/c20-16(25)6-7-21-18(27)15(10-13-4-2-1-3-5-13)23-17(26)11-14-12-24-8-9-28-19(24)22-14/h1-5,8-9,12,15H,6-7,10-11H2,(H2,20,25)(H,21,27)(H,23,26)/t15-/m0/s1. The van der Waals surface area contributed by atoms with E-state index in [2.05, 4.69) is 15.6 Å². The zero-order valence-corrected chi connectivity index (χ0v) is 15.9. The van der Waals surface area contributed by atoms with Gasteiger partial charge in [-0.05, 0) is 5.56 Å². The van der Waals surface area contributed by atoms with E-state index < -0.39 is 11.9 Å². The fourth-order valence-electron chi connectivity index (χ4n) is 2.76. The van der Waals surface area contributed by atoms with Gasteiger partial charge in [-0.1, -0.05) is 30.3 Å². The summed E-state index contributed by atoms with van der Waals surface area (Å²) in [5.74, 6) is -1.15. The highest BCUT2D eigenvalue weighted by molar-refractivity contribution is 7.15. The van der Waals surface area contributed by atoms with Crippen LogP contribution in [0.2, 0.25) is 0 Å². The highest BCUT2D eigenvalue weighted by Crippen LogP contribution is 2.12. The Morgan fingerprint density at radius 2 is 2.00 bits per heavy atom. The topological polar surface area (TPSA) is 119 Å². The molecule has 9 heteroatoms. The van der Waals surface area contributed by atoms with Gasteiger partial charge in [0.15, 0.2) is 4.96 Å². The Morgan fingerprint density at radius 1 is 1.21 bits per heavy atom. The minimum atomic E-state index is -0.758. The van der Waals surface area contributed by atoms with Gasteiger partial charge in [-0.25, -0.2) is 4.98 Å². The van der Waals surface area contributed by atoms with Crippen LogP contribution in [-0.2, 0) is 27.2 Å². The van der Waals surface area contributed by atoms with E-state index in [0.29, 0.717) is 12.1 Å². The normalized spacial score (nSPS) is 11.9. The van der Waals surface area contributed by atoms with Crippen LogP contribution < -0.4 is 16.4 Å². The third-order valence-electron chi connectivity index (χ3n) is 4.09. The van der Waals surface area contributed by atoms with Crippen molar-refractivity contribution in [2.24, 2.45) is 5.73 Å². The minimum Gasteiger partial charge on any atom is -0.370 e. The first-order valence-corrected chi connectivity index (χ1v) is 9.69. The average molecular weight is 399 g/mol. The quantitative estimate of drug-likeness (QED) is 0.490. The first kappa shape index (κ1) is 19.6. The first-order valence-electron chi connectivity index (χ1n) is 8.81. The molecule has 0 spiro atoms. The molecule has 1 atom stereocenters. The molecule has 0 aliphatic carbocycles. The van der Waals surface area contributed by atoms with Gasteiger partial charge >= 0.3 is 0 Å². The number of hydrogen-bond acceptors (Lipinski definition) is 5. The number of thiazole rings is 1. The van der Waals surface area contributed by atoms with Gasteiger partial charge in [-0.3, -0.25) is 18.8 Å². The number of nitrogens with one attached hydrogen (secondary N) is 2. The van der Waals surface area contributed by atoms with Crippen molar-refractivity contribution >= 4 is 34.0 Å². The Labute approximate surface area is 165 Å². The summed E-state index contributed by atoms with van der Waals surface area (Å²) in [6.07, 6.45) is 4.13. The number of nitrogens with zero attached hydrogens (tertiary/aromatic N) is 2. The number of benzene rings is 1. The van der Waals surface area contributed by atoms with Gasteiger partial charge in [-0.15, -0.1) is 11.3 Å². The van der Waals surface area contributed by atoms with Crippen molar-refractivity contribution in [3.05, 3.63) is 59.4 Å². The van der Waals surface area contributed by atoms with Crippen LogP contribution in [0.5, 0.6) is 0 Å². The summed E-state index contributed by atoms with van der Waals surface area (Å²) in [5, 5.41) is 7.34. The van der Waals surface area contributed by atoms with Crippen LogP contribution in [0.4, 0.5) is 0 Å². The number of fused-ring (bicyclic) bond motifs is 1. The molecule has 0 radical (unpaired) electrons. The van der Waals surface area contributed by atoms with Crippen molar-refractivity contribution in [1.82, 2.24) is 20.0 Å². The molecule has 8 nitrogen and oxygen atoms in total. The SMILES string of the molecule is NC(=O)CCNC(=O)[C@H](Cc1ccccc1)NC(=O)Cc1cn2ccsc2n1. The molecule has 146 valence electrons. The fourth-order valence-corrected chi connectivity index (χ4v) is 3.48. The van der Waals surface area contributed by atoms with E-state index in [9.17, 15) is 14.4 Å². The lowest BCUT2D eigenvalue weighted by atomic mass is 10.0. The van der Waals surface area contributed by atoms with E-state index in [-0.39, 0.29) is 31.2 Å². The molecule has 3 amide bonds. The number of nitrogens with two attached hydrogens (primary N) is 1. The Balaban J connectivity index is 1.64. The maximum atomic E-state index is 12.5. The van der Waals surface area contributed by atoms with Crippen LogP contribution in [0.15, 0.2) is 48.1 Å². The number of imidazole rings is 1. The summed E-state index contributed by atoms with van der Waals surface area (Å²) in [7, 11) is 0. The molecule has 3 aromatic rings. The second kappa shape index (κ2) is 9.14. The lowest BCUT2D eigenvalue weighted by molar-refractivity contribution is -0.128. The Kier molecular flexibility index (Phi) is 6.38. The van der Waals surface area contributed by atoms with Crippen LogP contribution in [0, 0.1) is 0 Å². The minimum absolute atomic E-state index is 0.0448. The smallest absolute Gasteiger partial charge is 0.242 e. The number of hydrogen-bond donors (Lipinski definition) is 3. The van der Waals surface area contributed by atoms with Gasteiger partial charge in [0.1, 0.15) is 6.04 Å². The van der Waals surface area contributed by atoms with Gasteiger partial charge in [-0.2, -0.15) is 0 Å². The van der Waals surface area contributed by atoms with Crippen molar-refractivity contribution in [3.63, 3.8) is 0 Å². The molecule has 3 rings (SSSR count). The summed E-state index contributed by atoms with van der Waals surface area (Å²) < 4.78 is 1.85. The molecule has 0 saturated heterocycles. The monoisotopic (exact) mass is 399 g/mol. The van der Waals surface area contributed by atoms with Crippen molar-refractivity contribution in [3.8, 4) is 0 Å². The largest absolute Gasteiger partial charge is 0.370 e. The van der Waals surface area contributed by atoms with Crippen molar-refractivity contribution < 1.29 is 14.4 Å². The maximum Gasteiger partial charge on any atom is 0.242 e. The molecule has 0 aliphatic rings. The van der Waals surface area contributed by atoms with Gasteiger partial charge in [0.25, 0.3) is 0 Å². The van der Waals surface area contributed by atoms with E-state index in [1.54, 1.807) is 6.20 Å². The Hall–Kier alpha value is -3.20. The number of carbonyl (C=O) groups excluding carboxylic acids is 3. The first-order chi connectivity index (χ1) is 13.5. The highest BCUT2D eigenvalue weighted by atomic mass is 32.1. The maximum absolute atomic E-state index is 12.5. The molecule has 0 bridgehead atoms. The molecule has 2 heterocycles. The summed E-state index contributed by atoms with van der Waals surface area (Å²) in [6, 6.07) is 8.65. The Morgan fingerprint density at radius 3 is 2.71 bits per heavy atom. The van der Waals surface area contributed by atoms with E-state index in [1.165, 1.54) is 11.3 Å². The summed E-state index contributed by atoms with van der Waals surface area (Å²) >= 11 is 1.49. The van der Waals surface area contributed by atoms with Crippen LogP contribution in [0.25, 0.3) is 4.96 Å². The number of amides is 3. The lowest BCUT2D eigenvalue weighted by Gasteiger charge is -2.18. The third kappa shape index (κ3) is 5.40. The van der Waals surface area contributed by atoms with E-state index in [1.807, 2.05) is 46.3 Å². The van der Waals surface area contributed by atoms with E-state index in [4.69, 9.17) is 5.73 Å². The molecule has 0 saturated carbocycles. The summed E-state index contributed by atoms with van der Waals surface area (Å²) in [6.45, 7) is 0.132. The Bertz CT molecular complexity index is 938. The van der Waals surface area contributed by atoms with Crippen molar-refractivity contribution in [1.29, 1.82) is 0 Å². The van der Waals surface area contributed by atoms with Crippen molar-refractivity contribution in [2.45, 2.75) is 25.3 Å². The van der Waals surface area contributed by atoms with Gasteiger partial charge in [0, 0.05) is 37.2 Å². The number of carbonyl (C=O) groups is 3. The lowest BCUT2D eigenvalue weighted by Crippen LogP contribution is -2.49. The van der Waals surface area contributed by atoms with Crippen LogP contribution in [0.1, 0.15) is 17.7 Å². The van der Waals surface area contributed by atoms with Crippen LogP contribution in [-0.4, -0.2) is 39.7 Å². The number of primary amides is 1. The fraction of sp³-hybridized carbons (Fsp3) is 0.263. The molecule has 28 heavy (non-hydrogen) atoms. The summed E-state index contributed by atoms with van der Waals surface area (Å²) in [5.41, 5.74) is 6.65. The second-order valence-electron chi connectivity index (χ2n) is 6.32. The zero-order valence-electron chi connectivity index (χ0n) is 15.1. The second-order valence-corrected chi connectivity index (χ2v) is 7.19. The van der Waals surface area contributed by atoms with Crippen molar-refractivity contribution in [2.75, 3.05) is 6.54 Å². The van der Waals surface area contributed by atoms with Gasteiger partial charge < -0.3 is 16.4 Å². The van der Waals surface area contributed by atoms with E-state index >= 15 is 0 Å². The number of aromatic nitrogens is 2. The predicted octanol–water partition coefficient (Wildman–Crippen LogP) is 0.657. The van der Waals surface area contributed by atoms with E-state index in [0.717, 1.165) is 10.5 Å². The predicted molar refractivity (Wildman–Crippen MR) is 106 cm³/mol. The van der Waals surface area contributed by atoms with Gasteiger partial charge in [0.05, 0.1) is 12.1 Å². The molecule has 1 aromatic carbocycles. The highest BCUT2D eigenvalue weighted by Gasteiger charge is 2.22. The molecule has 0 aliphatic heterocycles. The third-order valence-corrected chi connectivity index (χ3v) is 4.86. The molecule has 0 unspecified atom stereocenters. The molecule has 0 fully saturated rings. The zero-order chi connectivity index (χ0) is 19.9. The van der Waals surface area contributed by atoms with Crippen LogP contribution >= 0.6 is 11.3 Å². The van der Waals surface area contributed by atoms with Gasteiger partial charge in [0.2, 0.25) is 17.7 Å². The molecule has 2 aromatic heterocycles.